The lowest BCUT2D eigenvalue weighted by molar-refractivity contribution is -0.139. The van der Waals surface area contributed by atoms with Gasteiger partial charge in [-0.05, 0) is 49.3 Å². The van der Waals surface area contributed by atoms with Crippen LogP contribution in [-0.2, 0) is 18.9 Å². The summed E-state index contributed by atoms with van der Waals surface area (Å²) in [7, 11) is 0. The summed E-state index contributed by atoms with van der Waals surface area (Å²) in [6, 6.07) is 3.49. The first-order valence-corrected chi connectivity index (χ1v) is 12.5. The Kier molecular flexibility index (Phi) is 7.30. The fourth-order valence-electron chi connectivity index (χ4n) is 5.10. The zero-order valence-electron chi connectivity index (χ0n) is 21.1. The molecule has 1 N–H and O–H groups in total. The van der Waals surface area contributed by atoms with Crippen LogP contribution in [0.25, 0.3) is 22.2 Å². The summed E-state index contributed by atoms with van der Waals surface area (Å²) in [5.74, 6) is -1.16. The summed E-state index contributed by atoms with van der Waals surface area (Å²) >= 11 is 0. The van der Waals surface area contributed by atoms with Crippen LogP contribution >= 0.6 is 0 Å². The van der Waals surface area contributed by atoms with Crippen molar-refractivity contribution in [2.75, 3.05) is 11.4 Å². The molecule has 0 radical (unpaired) electrons. The molecule has 0 unspecified atom stereocenters. The number of halogens is 7. The Hall–Kier alpha value is -4.30. The van der Waals surface area contributed by atoms with E-state index in [0.29, 0.717) is 50.0 Å². The van der Waals surface area contributed by atoms with Crippen molar-refractivity contribution < 1.29 is 30.7 Å². The number of aromatic nitrogens is 5. The van der Waals surface area contributed by atoms with Gasteiger partial charge < -0.3 is 9.47 Å². The Morgan fingerprint density at radius 3 is 2.41 bits per heavy atom. The molecule has 5 rings (SSSR count). The molecular weight excluding hydrogens is 561 g/mol. The number of aromatic amines is 1. The summed E-state index contributed by atoms with van der Waals surface area (Å²) < 4.78 is 95.3. The van der Waals surface area contributed by atoms with E-state index >= 15 is 0 Å². The Balaban J connectivity index is 1.33. The Morgan fingerprint density at radius 2 is 1.73 bits per heavy atom. The second kappa shape index (κ2) is 10.6. The Morgan fingerprint density at radius 1 is 1.00 bits per heavy atom. The summed E-state index contributed by atoms with van der Waals surface area (Å²) in [5.41, 5.74) is -4.66. The summed E-state index contributed by atoms with van der Waals surface area (Å²) in [5, 5.41) is 5.74. The number of alkyl halides is 6. The Labute approximate surface area is 226 Å². The van der Waals surface area contributed by atoms with Crippen molar-refractivity contribution in [1.29, 1.82) is 0 Å². The van der Waals surface area contributed by atoms with Crippen molar-refractivity contribution in [2.45, 2.75) is 50.6 Å². The minimum absolute atomic E-state index is 0.0348. The first-order valence-electron chi connectivity index (χ1n) is 12.5. The minimum atomic E-state index is -4.86. The number of nitrogens with zero attached hydrogens (tertiary/aromatic N) is 5. The number of aryl methyl sites for hydroxylation is 1. The molecule has 3 aromatic heterocycles. The SMILES string of the molecule is O=c1[nH]ncc(N2CCC[C@H]2CCCn2ccc3cc(-c4ncc(C(F)(F)F)cn4)c(F)cc3c2=O)c1C(F)(F)F. The van der Waals surface area contributed by atoms with Crippen LogP contribution in [0.3, 0.4) is 0 Å². The van der Waals surface area contributed by atoms with Gasteiger partial charge in [-0.25, -0.2) is 19.5 Å². The van der Waals surface area contributed by atoms with Crippen LogP contribution in [-0.4, -0.2) is 37.3 Å². The second-order valence-corrected chi connectivity index (χ2v) is 9.62. The topological polar surface area (TPSA) is 96.8 Å². The molecule has 15 heteroatoms. The van der Waals surface area contributed by atoms with E-state index in [9.17, 15) is 40.3 Å². The molecule has 0 spiro atoms. The van der Waals surface area contributed by atoms with Crippen LogP contribution < -0.4 is 16.0 Å². The monoisotopic (exact) mass is 582 g/mol. The second-order valence-electron chi connectivity index (χ2n) is 9.62. The number of anilines is 1. The highest BCUT2D eigenvalue weighted by atomic mass is 19.4. The van der Waals surface area contributed by atoms with Gasteiger partial charge in [0.25, 0.3) is 11.1 Å². The van der Waals surface area contributed by atoms with Crippen molar-refractivity contribution >= 4 is 16.5 Å². The van der Waals surface area contributed by atoms with E-state index in [1.165, 1.54) is 21.7 Å². The van der Waals surface area contributed by atoms with E-state index in [2.05, 4.69) is 15.1 Å². The zero-order chi connectivity index (χ0) is 29.5. The van der Waals surface area contributed by atoms with E-state index in [1.807, 2.05) is 5.10 Å². The average molecular weight is 582 g/mol. The minimum Gasteiger partial charge on any atom is -0.367 e. The number of H-pyrrole nitrogens is 1. The van der Waals surface area contributed by atoms with Gasteiger partial charge in [-0.2, -0.15) is 31.4 Å². The molecule has 216 valence electrons. The predicted octanol–water partition coefficient (Wildman–Crippen LogP) is 5.17. The highest BCUT2D eigenvalue weighted by Crippen LogP contribution is 2.37. The summed E-state index contributed by atoms with van der Waals surface area (Å²) in [4.78, 5) is 33.7. The normalized spacial score (nSPS) is 16.1. The van der Waals surface area contributed by atoms with Gasteiger partial charge in [0.2, 0.25) is 0 Å². The van der Waals surface area contributed by atoms with Crippen LogP contribution in [0, 0.1) is 5.82 Å². The maximum atomic E-state index is 14.9. The smallest absolute Gasteiger partial charge is 0.367 e. The molecule has 0 amide bonds. The fraction of sp³-hybridized carbons (Fsp3) is 0.346. The highest BCUT2D eigenvalue weighted by Gasteiger charge is 2.40. The van der Waals surface area contributed by atoms with Crippen molar-refractivity contribution in [3.8, 4) is 11.4 Å². The molecule has 4 heterocycles. The lowest BCUT2D eigenvalue weighted by Crippen LogP contribution is -2.35. The predicted molar refractivity (Wildman–Crippen MR) is 134 cm³/mol. The van der Waals surface area contributed by atoms with Crippen molar-refractivity contribution in [3.63, 3.8) is 0 Å². The third-order valence-corrected chi connectivity index (χ3v) is 7.03. The van der Waals surface area contributed by atoms with Crippen LogP contribution in [0.2, 0.25) is 0 Å². The maximum absolute atomic E-state index is 14.9. The molecule has 0 aliphatic carbocycles. The van der Waals surface area contributed by atoms with Crippen LogP contribution in [0.1, 0.15) is 36.8 Å². The largest absolute Gasteiger partial charge is 0.423 e. The number of nitrogens with one attached hydrogen (secondary N) is 1. The van der Waals surface area contributed by atoms with E-state index in [4.69, 9.17) is 0 Å². The third-order valence-electron chi connectivity index (χ3n) is 7.03. The highest BCUT2D eigenvalue weighted by molar-refractivity contribution is 5.86. The molecule has 1 atom stereocenters. The molecule has 0 bridgehead atoms. The quantitative estimate of drug-likeness (QED) is 0.316. The zero-order valence-corrected chi connectivity index (χ0v) is 21.1. The van der Waals surface area contributed by atoms with Crippen LogP contribution in [0.4, 0.5) is 36.4 Å². The van der Waals surface area contributed by atoms with Gasteiger partial charge >= 0.3 is 12.4 Å². The molecule has 1 aliphatic heterocycles. The van der Waals surface area contributed by atoms with Crippen molar-refractivity contribution in [1.82, 2.24) is 24.7 Å². The van der Waals surface area contributed by atoms with Crippen molar-refractivity contribution in [2.24, 2.45) is 0 Å². The van der Waals surface area contributed by atoms with E-state index in [-0.39, 0.29) is 35.0 Å². The number of benzene rings is 1. The van der Waals surface area contributed by atoms with Crippen molar-refractivity contribution in [3.05, 3.63) is 80.6 Å². The number of rotatable bonds is 6. The fourth-order valence-corrected chi connectivity index (χ4v) is 5.10. The van der Waals surface area contributed by atoms with Gasteiger partial charge in [-0.15, -0.1) is 0 Å². The standard InChI is InChI=1S/C26H21F7N6O2/c27-19-10-17-14(9-18(19)22-34-11-15(12-35-22)25(28,29)30)5-8-38(24(17)41)6-1-3-16-4-2-7-39(16)20-13-36-37-23(40)21(20)26(31,32)33/h5,8-13,16H,1-4,6-7H2,(H,37,40)/t16-/m1/s1. The molecule has 8 nitrogen and oxygen atoms in total. The third kappa shape index (κ3) is 5.65. The average Bonchev–Trinajstić information content (AvgIpc) is 3.37. The van der Waals surface area contributed by atoms with Gasteiger partial charge in [0.05, 0.1) is 28.4 Å². The first-order chi connectivity index (χ1) is 19.3. The Bertz CT molecular complexity index is 1700. The lowest BCUT2D eigenvalue weighted by atomic mass is 10.1. The lowest BCUT2D eigenvalue weighted by Gasteiger charge is -2.28. The first kappa shape index (κ1) is 28.2. The summed E-state index contributed by atoms with van der Waals surface area (Å²) in [6.07, 6.45) is -3.89. The van der Waals surface area contributed by atoms with E-state index in [0.717, 1.165) is 12.3 Å². The molecule has 1 aliphatic rings. The van der Waals surface area contributed by atoms with Gasteiger partial charge in [0, 0.05) is 37.7 Å². The molecule has 1 saturated heterocycles. The van der Waals surface area contributed by atoms with E-state index < -0.39 is 40.4 Å². The number of pyridine rings is 1. The van der Waals surface area contributed by atoms with Gasteiger partial charge in [0.1, 0.15) is 11.4 Å². The summed E-state index contributed by atoms with van der Waals surface area (Å²) in [6.45, 7) is 0.517. The van der Waals surface area contributed by atoms with Gasteiger partial charge in [-0.1, -0.05) is 0 Å². The molecule has 4 aromatic rings. The van der Waals surface area contributed by atoms with Gasteiger partial charge in [-0.3, -0.25) is 9.59 Å². The molecule has 1 fully saturated rings. The van der Waals surface area contributed by atoms with E-state index in [1.54, 1.807) is 6.07 Å². The van der Waals surface area contributed by atoms with Crippen LogP contribution in [0.15, 0.2) is 52.6 Å². The molecule has 1 aromatic carbocycles. The number of fused-ring (bicyclic) bond motifs is 1. The molecule has 0 saturated carbocycles. The maximum Gasteiger partial charge on any atom is 0.423 e. The number of hydrogen-bond acceptors (Lipinski definition) is 6. The van der Waals surface area contributed by atoms with Gasteiger partial charge in [0.15, 0.2) is 5.82 Å². The molecular formula is C26H21F7N6O2. The number of hydrogen-bond donors (Lipinski definition) is 1. The van der Waals surface area contributed by atoms with Crippen LogP contribution in [0.5, 0.6) is 0 Å². The molecule has 41 heavy (non-hydrogen) atoms.